The van der Waals surface area contributed by atoms with Gasteiger partial charge in [0.2, 0.25) is 0 Å². The van der Waals surface area contributed by atoms with Crippen molar-refractivity contribution >= 4 is 6.09 Å². The van der Waals surface area contributed by atoms with Crippen LogP contribution in [0.5, 0.6) is 5.75 Å². The number of hydrogen-bond donors (Lipinski definition) is 1. The fourth-order valence-corrected chi connectivity index (χ4v) is 2.21. The zero-order chi connectivity index (χ0) is 18.4. The molecule has 1 aromatic heterocycles. The highest BCUT2D eigenvalue weighted by Gasteiger charge is 2.15. The van der Waals surface area contributed by atoms with Gasteiger partial charge in [-0.25, -0.2) is 4.79 Å². The Hall–Kier alpha value is -3.01. The van der Waals surface area contributed by atoms with Crippen LogP contribution in [-0.4, -0.2) is 35.1 Å². The largest absolute Gasteiger partial charge is 0.496 e. The molecule has 0 atom stereocenters. The van der Waals surface area contributed by atoms with Crippen molar-refractivity contribution in [2.75, 3.05) is 13.7 Å². The van der Waals surface area contributed by atoms with Crippen molar-refractivity contribution in [1.29, 1.82) is 5.26 Å². The molecule has 1 N–H and O–H groups in total. The van der Waals surface area contributed by atoms with Gasteiger partial charge in [-0.1, -0.05) is 0 Å². The number of aromatic nitrogens is 2. The van der Waals surface area contributed by atoms with Gasteiger partial charge in [-0.15, -0.1) is 0 Å². The minimum Gasteiger partial charge on any atom is -0.496 e. The topological polar surface area (TPSA) is 89.2 Å². The van der Waals surface area contributed by atoms with Crippen molar-refractivity contribution in [3.63, 3.8) is 0 Å². The first-order valence-electron chi connectivity index (χ1n) is 7.90. The fraction of sp³-hybridized carbons (Fsp3) is 0.389. The average Bonchev–Trinajstić information content (AvgIpc) is 3.01. The first kappa shape index (κ1) is 18.3. The minimum atomic E-state index is -0.519. The monoisotopic (exact) mass is 342 g/mol. The molecule has 0 saturated heterocycles. The lowest BCUT2D eigenvalue weighted by atomic mass is 10.1. The van der Waals surface area contributed by atoms with Crippen LogP contribution in [0.2, 0.25) is 0 Å². The third kappa shape index (κ3) is 5.24. The highest BCUT2D eigenvalue weighted by Crippen LogP contribution is 2.30. The third-order valence-electron chi connectivity index (χ3n) is 3.28. The number of carbonyl (C=O) groups excluding carboxylic acids is 1. The van der Waals surface area contributed by atoms with Crippen molar-refractivity contribution in [3.05, 3.63) is 36.2 Å². The predicted molar refractivity (Wildman–Crippen MR) is 93.2 cm³/mol. The lowest BCUT2D eigenvalue weighted by Gasteiger charge is -2.19. The molecule has 132 valence electrons. The lowest BCUT2D eigenvalue weighted by molar-refractivity contribution is 0.0525. The molecule has 7 nitrogen and oxygen atoms in total. The number of nitrogens with zero attached hydrogens (tertiary/aromatic N) is 3. The molecule has 7 heteroatoms. The summed E-state index contributed by atoms with van der Waals surface area (Å²) in [7, 11) is 1.56. The molecule has 1 aromatic carbocycles. The highest BCUT2D eigenvalue weighted by atomic mass is 16.6. The van der Waals surface area contributed by atoms with E-state index in [-0.39, 0.29) is 0 Å². The van der Waals surface area contributed by atoms with Crippen LogP contribution < -0.4 is 10.1 Å². The Morgan fingerprint density at radius 1 is 1.40 bits per heavy atom. The van der Waals surface area contributed by atoms with Gasteiger partial charge in [-0.2, -0.15) is 10.4 Å². The SMILES string of the molecule is COc1cc(C#N)ccc1-c1cnn(CCNC(=O)OC(C)(C)C)c1. The standard InChI is InChI=1S/C18H22N4O3/c1-18(2,3)25-17(23)20-7-8-22-12-14(11-21-22)15-6-5-13(10-19)9-16(15)24-4/h5-6,9,11-12H,7-8H2,1-4H3,(H,20,23). The van der Waals surface area contributed by atoms with E-state index in [0.717, 1.165) is 11.1 Å². The van der Waals surface area contributed by atoms with Gasteiger partial charge in [0.15, 0.2) is 0 Å². The molecular formula is C18H22N4O3. The fourth-order valence-electron chi connectivity index (χ4n) is 2.21. The van der Waals surface area contributed by atoms with Gasteiger partial charge in [-0.3, -0.25) is 4.68 Å². The Morgan fingerprint density at radius 2 is 2.16 bits per heavy atom. The van der Waals surface area contributed by atoms with Crippen LogP contribution >= 0.6 is 0 Å². The van der Waals surface area contributed by atoms with E-state index in [9.17, 15) is 4.79 Å². The summed E-state index contributed by atoms with van der Waals surface area (Å²) >= 11 is 0. The van der Waals surface area contributed by atoms with Crippen LogP contribution in [0.3, 0.4) is 0 Å². The Balaban J connectivity index is 1.99. The number of nitrogens with one attached hydrogen (secondary N) is 1. The molecule has 0 aliphatic heterocycles. The summed E-state index contributed by atoms with van der Waals surface area (Å²) in [5.74, 6) is 0.616. The van der Waals surface area contributed by atoms with E-state index in [2.05, 4.69) is 16.5 Å². The number of ether oxygens (including phenoxy) is 2. The second-order valence-electron chi connectivity index (χ2n) is 6.45. The molecule has 1 amide bonds. The Bertz CT molecular complexity index is 784. The van der Waals surface area contributed by atoms with Gasteiger partial charge in [-0.05, 0) is 39.0 Å². The summed E-state index contributed by atoms with van der Waals surface area (Å²) in [5.41, 5.74) is 1.75. The quantitative estimate of drug-likeness (QED) is 0.902. The highest BCUT2D eigenvalue weighted by molar-refractivity contribution is 5.70. The Labute approximate surface area is 147 Å². The maximum absolute atomic E-state index is 11.6. The van der Waals surface area contributed by atoms with Crippen molar-refractivity contribution in [3.8, 4) is 22.9 Å². The van der Waals surface area contributed by atoms with Crippen molar-refractivity contribution in [2.24, 2.45) is 0 Å². The molecule has 0 saturated carbocycles. The number of carbonyl (C=O) groups is 1. The van der Waals surface area contributed by atoms with Gasteiger partial charge < -0.3 is 14.8 Å². The summed E-state index contributed by atoms with van der Waals surface area (Å²) in [6.07, 6.45) is 3.13. The number of benzene rings is 1. The maximum Gasteiger partial charge on any atom is 0.407 e. The molecule has 2 aromatic rings. The van der Waals surface area contributed by atoms with Gasteiger partial charge in [0.25, 0.3) is 0 Å². The van der Waals surface area contributed by atoms with E-state index in [1.165, 1.54) is 0 Å². The first-order chi connectivity index (χ1) is 11.8. The van der Waals surface area contributed by atoms with Crippen LogP contribution in [0.15, 0.2) is 30.6 Å². The predicted octanol–water partition coefficient (Wildman–Crippen LogP) is 2.96. The van der Waals surface area contributed by atoms with Gasteiger partial charge in [0.05, 0.1) is 31.5 Å². The van der Waals surface area contributed by atoms with E-state index in [1.807, 2.05) is 33.0 Å². The number of methoxy groups -OCH3 is 1. The number of alkyl carbamates (subject to hydrolysis) is 1. The van der Waals surface area contributed by atoms with Crippen molar-refractivity contribution in [1.82, 2.24) is 15.1 Å². The van der Waals surface area contributed by atoms with Crippen LogP contribution in [0.4, 0.5) is 4.79 Å². The van der Waals surface area contributed by atoms with Gasteiger partial charge in [0.1, 0.15) is 11.4 Å². The molecule has 2 rings (SSSR count). The summed E-state index contributed by atoms with van der Waals surface area (Å²) in [6, 6.07) is 7.34. The first-order valence-corrected chi connectivity index (χ1v) is 7.90. The molecule has 1 heterocycles. The number of hydrogen-bond acceptors (Lipinski definition) is 5. The molecular weight excluding hydrogens is 320 g/mol. The van der Waals surface area contributed by atoms with E-state index in [4.69, 9.17) is 14.7 Å². The number of rotatable bonds is 5. The average molecular weight is 342 g/mol. The Kier molecular flexibility index (Phi) is 5.65. The smallest absolute Gasteiger partial charge is 0.407 e. The maximum atomic E-state index is 11.6. The number of nitriles is 1. The molecule has 0 radical (unpaired) electrons. The van der Waals surface area contributed by atoms with Crippen LogP contribution in [-0.2, 0) is 11.3 Å². The third-order valence-corrected chi connectivity index (χ3v) is 3.28. The number of amides is 1. The van der Waals surface area contributed by atoms with E-state index < -0.39 is 11.7 Å². The summed E-state index contributed by atoms with van der Waals surface area (Å²) in [5, 5.41) is 15.9. The zero-order valence-corrected chi connectivity index (χ0v) is 14.9. The summed E-state index contributed by atoms with van der Waals surface area (Å²) in [4.78, 5) is 11.6. The van der Waals surface area contributed by atoms with E-state index in [0.29, 0.717) is 24.4 Å². The molecule has 25 heavy (non-hydrogen) atoms. The van der Waals surface area contributed by atoms with E-state index in [1.54, 1.807) is 30.1 Å². The second-order valence-corrected chi connectivity index (χ2v) is 6.45. The summed E-state index contributed by atoms with van der Waals surface area (Å²) < 4.78 is 12.3. The minimum absolute atomic E-state index is 0.403. The molecule has 0 fully saturated rings. The summed E-state index contributed by atoms with van der Waals surface area (Å²) in [6.45, 7) is 6.37. The van der Waals surface area contributed by atoms with Crippen molar-refractivity contribution in [2.45, 2.75) is 32.9 Å². The normalized spacial score (nSPS) is 10.8. The second kappa shape index (κ2) is 7.71. The van der Waals surface area contributed by atoms with Gasteiger partial charge >= 0.3 is 6.09 Å². The lowest BCUT2D eigenvalue weighted by Crippen LogP contribution is -2.34. The molecule has 0 spiro atoms. The molecule has 0 bridgehead atoms. The zero-order valence-electron chi connectivity index (χ0n) is 14.9. The van der Waals surface area contributed by atoms with E-state index >= 15 is 0 Å². The van der Waals surface area contributed by atoms with Crippen LogP contribution in [0.25, 0.3) is 11.1 Å². The molecule has 0 aliphatic carbocycles. The van der Waals surface area contributed by atoms with Crippen LogP contribution in [0.1, 0.15) is 26.3 Å². The van der Waals surface area contributed by atoms with Crippen molar-refractivity contribution < 1.29 is 14.3 Å². The van der Waals surface area contributed by atoms with Crippen LogP contribution in [0, 0.1) is 11.3 Å². The molecule has 0 unspecified atom stereocenters. The van der Waals surface area contributed by atoms with Gasteiger partial charge in [0, 0.05) is 23.9 Å². The molecule has 0 aliphatic rings. The Morgan fingerprint density at radius 3 is 2.80 bits per heavy atom.